The van der Waals surface area contributed by atoms with Crippen LogP contribution in [0.2, 0.25) is 6.04 Å². The maximum absolute atomic E-state index is 13.7. The van der Waals surface area contributed by atoms with E-state index in [1.807, 2.05) is 55.5 Å². The van der Waals surface area contributed by atoms with Crippen molar-refractivity contribution in [1.29, 1.82) is 0 Å². The number of sulfonamides is 1. The van der Waals surface area contributed by atoms with Gasteiger partial charge in [-0.3, -0.25) is 0 Å². The maximum Gasteiger partial charge on any atom is 0.243 e. The van der Waals surface area contributed by atoms with Gasteiger partial charge in [0.25, 0.3) is 0 Å². The van der Waals surface area contributed by atoms with E-state index in [9.17, 15) is 8.42 Å². The molecular formula is C32H32NO3SSi. The Balaban J connectivity index is 1.55. The van der Waals surface area contributed by atoms with Crippen LogP contribution in [0.3, 0.4) is 0 Å². The number of methoxy groups -OCH3 is 1. The molecule has 1 aliphatic rings. The monoisotopic (exact) mass is 538 g/mol. The van der Waals surface area contributed by atoms with Gasteiger partial charge < -0.3 is 4.74 Å². The van der Waals surface area contributed by atoms with E-state index >= 15 is 0 Å². The Bertz CT molecular complexity index is 1460. The second-order valence-electron chi connectivity index (χ2n) is 9.68. The molecule has 0 amide bonds. The highest BCUT2D eigenvalue weighted by atomic mass is 32.2. The Kier molecular flexibility index (Phi) is 7.93. The third-order valence-corrected chi connectivity index (χ3v) is 11.9. The zero-order valence-corrected chi connectivity index (χ0v) is 23.6. The van der Waals surface area contributed by atoms with E-state index in [1.54, 1.807) is 23.5 Å². The van der Waals surface area contributed by atoms with Gasteiger partial charge in [0, 0.05) is 18.7 Å². The zero-order chi connectivity index (χ0) is 26.5. The topological polar surface area (TPSA) is 46.6 Å². The van der Waals surface area contributed by atoms with Crippen molar-refractivity contribution in [3.8, 4) is 5.75 Å². The molecule has 5 rings (SSSR count). The van der Waals surface area contributed by atoms with E-state index in [4.69, 9.17) is 4.74 Å². The van der Waals surface area contributed by atoms with E-state index in [2.05, 4.69) is 54.6 Å². The molecule has 1 fully saturated rings. The molecule has 0 aromatic heterocycles. The minimum Gasteiger partial charge on any atom is -0.496 e. The standard InChI is InChI=1S/C32H32NO3SSi/c1-25-17-19-29(20-18-25)37(34,35)33-22-27(21-26-11-9-10-16-32(26)36-2)28(23-33)24-38(30-12-5-3-6-13-30)31-14-7-4-8-15-31/h3-21,28H,22-24H2,1-2H3/b27-21+. The van der Waals surface area contributed by atoms with E-state index in [0.717, 1.165) is 28.5 Å². The van der Waals surface area contributed by atoms with Crippen LogP contribution in [-0.2, 0) is 10.0 Å². The van der Waals surface area contributed by atoms with Crippen LogP contribution in [0.4, 0.5) is 0 Å². The van der Waals surface area contributed by atoms with Crippen molar-refractivity contribution < 1.29 is 13.2 Å². The molecule has 1 radical (unpaired) electrons. The summed E-state index contributed by atoms with van der Waals surface area (Å²) in [5, 5.41) is 2.67. The Hall–Kier alpha value is -3.45. The number of benzene rings is 4. The molecule has 1 atom stereocenters. The van der Waals surface area contributed by atoms with Crippen LogP contribution in [0.25, 0.3) is 6.08 Å². The van der Waals surface area contributed by atoms with Crippen molar-refractivity contribution in [2.75, 3.05) is 20.2 Å². The van der Waals surface area contributed by atoms with Crippen LogP contribution >= 0.6 is 0 Å². The summed E-state index contributed by atoms with van der Waals surface area (Å²) in [5.74, 6) is 0.879. The molecular weight excluding hydrogens is 507 g/mol. The van der Waals surface area contributed by atoms with Gasteiger partial charge in [-0.1, -0.05) is 119 Å². The second kappa shape index (κ2) is 11.5. The Morgan fingerprint density at radius 3 is 2.03 bits per heavy atom. The van der Waals surface area contributed by atoms with Crippen LogP contribution in [0.5, 0.6) is 5.75 Å². The molecule has 6 heteroatoms. The molecule has 1 saturated heterocycles. The molecule has 38 heavy (non-hydrogen) atoms. The summed E-state index contributed by atoms with van der Waals surface area (Å²) < 4.78 is 34.7. The molecule has 1 heterocycles. The van der Waals surface area contributed by atoms with Gasteiger partial charge in [0.05, 0.1) is 12.0 Å². The minimum absolute atomic E-state index is 0.0921. The molecule has 0 saturated carbocycles. The van der Waals surface area contributed by atoms with E-state index < -0.39 is 18.8 Å². The van der Waals surface area contributed by atoms with Crippen LogP contribution in [0.15, 0.2) is 120 Å². The van der Waals surface area contributed by atoms with Crippen molar-refractivity contribution in [3.05, 3.63) is 126 Å². The highest BCUT2D eigenvalue weighted by Gasteiger charge is 2.37. The third kappa shape index (κ3) is 5.68. The van der Waals surface area contributed by atoms with Crippen molar-refractivity contribution in [1.82, 2.24) is 4.31 Å². The van der Waals surface area contributed by atoms with Gasteiger partial charge in [0.2, 0.25) is 10.0 Å². The first-order valence-corrected chi connectivity index (χ1v) is 16.0. The number of nitrogens with zero attached hydrogens (tertiary/aromatic N) is 1. The van der Waals surface area contributed by atoms with E-state index in [1.165, 1.54) is 10.4 Å². The fraction of sp³-hybridized carbons (Fsp3) is 0.188. The summed E-state index contributed by atoms with van der Waals surface area (Å²) in [7, 11) is -3.10. The fourth-order valence-electron chi connectivity index (χ4n) is 5.07. The highest BCUT2D eigenvalue weighted by Crippen LogP contribution is 2.34. The van der Waals surface area contributed by atoms with E-state index in [0.29, 0.717) is 18.0 Å². The molecule has 4 aromatic rings. The molecule has 0 bridgehead atoms. The molecule has 0 spiro atoms. The number of hydrogen-bond donors (Lipinski definition) is 0. The first-order chi connectivity index (χ1) is 18.5. The highest BCUT2D eigenvalue weighted by molar-refractivity contribution is 7.89. The zero-order valence-electron chi connectivity index (χ0n) is 21.7. The lowest BCUT2D eigenvalue weighted by molar-refractivity contribution is 0.414. The summed E-state index contributed by atoms with van der Waals surface area (Å²) in [6.07, 6.45) is 2.14. The van der Waals surface area contributed by atoms with Crippen molar-refractivity contribution in [2.45, 2.75) is 17.9 Å². The van der Waals surface area contributed by atoms with Gasteiger partial charge in [-0.15, -0.1) is 0 Å². The quantitative estimate of drug-likeness (QED) is 0.296. The van der Waals surface area contributed by atoms with Crippen molar-refractivity contribution >= 4 is 35.3 Å². The minimum atomic E-state index is -3.62. The van der Waals surface area contributed by atoms with Gasteiger partial charge in [-0.05, 0) is 37.1 Å². The average Bonchev–Trinajstić information content (AvgIpc) is 3.36. The predicted molar refractivity (Wildman–Crippen MR) is 157 cm³/mol. The summed E-state index contributed by atoms with van der Waals surface area (Å²) >= 11 is 0. The largest absolute Gasteiger partial charge is 0.496 e. The van der Waals surface area contributed by atoms with Crippen molar-refractivity contribution in [3.63, 3.8) is 0 Å². The Labute approximate surface area is 227 Å². The number of hydrogen-bond acceptors (Lipinski definition) is 3. The van der Waals surface area contributed by atoms with Crippen LogP contribution in [-0.4, -0.2) is 41.7 Å². The predicted octanol–water partition coefficient (Wildman–Crippen LogP) is 5.02. The normalized spacial score (nSPS) is 17.2. The fourth-order valence-corrected chi connectivity index (χ4v) is 9.43. The Morgan fingerprint density at radius 2 is 1.42 bits per heavy atom. The lowest BCUT2D eigenvalue weighted by atomic mass is 10.0. The van der Waals surface area contributed by atoms with Crippen molar-refractivity contribution in [2.24, 2.45) is 5.92 Å². The van der Waals surface area contributed by atoms with Crippen LogP contribution in [0, 0.1) is 12.8 Å². The first-order valence-electron chi connectivity index (χ1n) is 12.8. The SMILES string of the molecule is COc1ccccc1/C=C1\CN(S(=O)(=O)c2ccc(C)cc2)CC1C[Si](c1ccccc1)c1ccccc1. The average molecular weight is 539 g/mol. The molecule has 4 nitrogen and oxygen atoms in total. The summed E-state index contributed by atoms with van der Waals surface area (Å²) in [4.78, 5) is 0.344. The third-order valence-electron chi connectivity index (χ3n) is 7.14. The first kappa shape index (κ1) is 26.2. The number of aryl methyl sites for hydroxylation is 1. The molecule has 0 N–H and O–H groups in total. The molecule has 1 aliphatic heterocycles. The molecule has 4 aromatic carbocycles. The van der Waals surface area contributed by atoms with Gasteiger partial charge in [-0.2, -0.15) is 4.31 Å². The van der Waals surface area contributed by atoms with Gasteiger partial charge in [-0.25, -0.2) is 8.42 Å². The van der Waals surface area contributed by atoms with Gasteiger partial charge >= 0.3 is 0 Å². The van der Waals surface area contributed by atoms with E-state index in [-0.39, 0.29) is 5.92 Å². The summed E-state index contributed by atoms with van der Waals surface area (Å²) in [6.45, 7) is 2.80. The molecule has 0 aliphatic carbocycles. The van der Waals surface area contributed by atoms with Crippen LogP contribution < -0.4 is 15.1 Å². The van der Waals surface area contributed by atoms with Gasteiger partial charge in [0.15, 0.2) is 0 Å². The molecule has 193 valence electrons. The number of para-hydroxylation sites is 1. The maximum atomic E-state index is 13.7. The lowest BCUT2D eigenvalue weighted by Gasteiger charge is -2.21. The van der Waals surface area contributed by atoms with Crippen LogP contribution in [0.1, 0.15) is 11.1 Å². The number of ether oxygens (including phenoxy) is 1. The van der Waals surface area contributed by atoms with Gasteiger partial charge in [0.1, 0.15) is 14.5 Å². The summed E-state index contributed by atoms with van der Waals surface area (Å²) in [6, 6.07) is 37.3. The summed E-state index contributed by atoms with van der Waals surface area (Å²) in [5.41, 5.74) is 3.13. The number of rotatable bonds is 8. The second-order valence-corrected chi connectivity index (χ2v) is 14.1. The smallest absolute Gasteiger partial charge is 0.243 e. The molecule has 1 unspecified atom stereocenters. The lowest BCUT2D eigenvalue weighted by Crippen LogP contribution is -2.43. The Morgan fingerprint density at radius 1 is 0.842 bits per heavy atom.